The van der Waals surface area contributed by atoms with E-state index in [0.717, 1.165) is 22.5 Å². The Morgan fingerprint density at radius 2 is 1.52 bits per heavy atom. The Hall–Kier alpha value is -2.80. The molecule has 7 heteroatoms. The fourth-order valence-electron chi connectivity index (χ4n) is 2.22. The predicted molar refractivity (Wildman–Crippen MR) is 92.3 cm³/mol. The first-order valence-corrected chi connectivity index (χ1v) is 8.01. The molecule has 2 aromatic heterocycles. The van der Waals surface area contributed by atoms with E-state index in [9.17, 15) is 14.7 Å². The molecule has 2 rings (SSSR count). The summed E-state index contributed by atoms with van der Waals surface area (Å²) >= 11 is 0. The number of carbonyl (C=O) groups is 2. The lowest BCUT2D eigenvalue weighted by molar-refractivity contribution is -0.134. The lowest BCUT2D eigenvalue weighted by Crippen LogP contribution is -2.38. The minimum absolute atomic E-state index is 0.206. The second-order valence-corrected chi connectivity index (χ2v) is 5.75. The molecule has 1 unspecified atom stereocenters. The van der Waals surface area contributed by atoms with Gasteiger partial charge in [-0.05, 0) is 37.1 Å². The number of rotatable bonds is 7. The predicted octanol–water partition coefficient (Wildman–Crippen LogP) is 0.777. The highest BCUT2D eigenvalue weighted by Crippen LogP contribution is 2.04. The molecule has 0 radical (unpaired) electrons. The van der Waals surface area contributed by atoms with E-state index in [4.69, 9.17) is 0 Å². The monoisotopic (exact) mass is 342 g/mol. The Morgan fingerprint density at radius 1 is 1.00 bits per heavy atom. The molecule has 0 fully saturated rings. The molecule has 3 N–H and O–H groups in total. The molecule has 132 valence electrons. The number of nitrogens with zero attached hydrogens (tertiary/aromatic N) is 2. The van der Waals surface area contributed by atoms with Gasteiger partial charge in [0.15, 0.2) is 0 Å². The van der Waals surface area contributed by atoms with Crippen LogP contribution in [0.1, 0.15) is 28.9 Å². The number of aliphatic hydroxyl groups is 1. The fraction of sp³-hybridized carbons (Fsp3) is 0.333. The Balaban J connectivity index is 1.77. The second kappa shape index (κ2) is 8.89. The summed E-state index contributed by atoms with van der Waals surface area (Å²) < 4.78 is 0. The van der Waals surface area contributed by atoms with Gasteiger partial charge in [0.25, 0.3) is 0 Å². The molecule has 0 saturated heterocycles. The number of hydrogen-bond donors (Lipinski definition) is 3. The van der Waals surface area contributed by atoms with Gasteiger partial charge < -0.3 is 15.7 Å². The van der Waals surface area contributed by atoms with Crippen LogP contribution in [0, 0.1) is 13.8 Å². The Bertz CT molecular complexity index is 749. The van der Waals surface area contributed by atoms with Gasteiger partial charge in [-0.15, -0.1) is 0 Å². The summed E-state index contributed by atoms with van der Waals surface area (Å²) in [6, 6.07) is 7.41. The summed E-state index contributed by atoms with van der Waals surface area (Å²) in [6.07, 6.45) is 1.57. The molecular formula is C18H22N4O3. The molecule has 7 nitrogen and oxygen atoms in total. The molecule has 0 spiro atoms. The van der Waals surface area contributed by atoms with Gasteiger partial charge in [-0.2, -0.15) is 0 Å². The van der Waals surface area contributed by atoms with Crippen LogP contribution in [0.25, 0.3) is 0 Å². The van der Waals surface area contributed by atoms with Gasteiger partial charge in [-0.3, -0.25) is 19.6 Å². The number of amides is 2. The molecular weight excluding hydrogens is 320 g/mol. The molecule has 0 bridgehead atoms. The zero-order valence-corrected chi connectivity index (χ0v) is 14.3. The largest absolute Gasteiger partial charge is 0.383 e. The zero-order valence-electron chi connectivity index (χ0n) is 14.3. The first-order valence-electron chi connectivity index (χ1n) is 8.01. The van der Waals surface area contributed by atoms with Crippen molar-refractivity contribution in [1.82, 2.24) is 20.6 Å². The van der Waals surface area contributed by atoms with E-state index in [0.29, 0.717) is 0 Å². The van der Waals surface area contributed by atoms with Crippen LogP contribution in [0.2, 0.25) is 0 Å². The number of pyridine rings is 2. The van der Waals surface area contributed by atoms with E-state index < -0.39 is 17.9 Å². The summed E-state index contributed by atoms with van der Waals surface area (Å²) in [4.78, 5) is 32.1. The number of hydrogen-bond acceptors (Lipinski definition) is 5. The van der Waals surface area contributed by atoms with Crippen LogP contribution in [0.5, 0.6) is 0 Å². The van der Waals surface area contributed by atoms with E-state index in [2.05, 4.69) is 20.6 Å². The molecule has 2 aromatic rings. The number of nitrogens with one attached hydrogen (secondary N) is 2. The SMILES string of the molecule is Cc1cccnc1CNC(=O)CC(O)C(=O)NCc1ncccc1C. The van der Waals surface area contributed by atoms with Gasteiger partial charge >= 0.3 is 0 Å². The van der Waals surface area contributed by atoms with E-state index in [1.165, 1.54) is 0 Å². The molecule has 25 heavy (non-hydrogen) atoms. The third-order valence-electron chi connectivity index (χ3n) is 3.80. The average Bonchev–Trinajstić information content (AvgIpc) is 2.60. The molecule has 1 atom stereocenters. The van der Waals surface area contributed by atoms with Crippen molar-refractivity contribution in [3.8, 4) is 0 Å². The summed E-state index contributed by atoms with van der Waals surface area (Å²) in [7, 11) is 0. The third-order valence-corrected chi connectivity index (χ3v) is 3.80. The van der Waals surface area contributed by atoms with Crippen molar-refractivity contribution in [2.75, 3.05) is 0 Å². The van der Waals surface area contributed by atoms with Crippen LogP contribution in [-0.2, 0) is 22.7 Å². The van der Waals surface area contributed by atoms with E-state index in [-0.39, 0.29) is 19.5 Å². The normalized spacial score (nSPS) is 11.6. The lowest BCUT2D eigenvalue weighted by atomic mass is 10.2. The Labute approximate surface area is 146 Å². The highest BCUT2D eigenvalue weighted by molar-refractivity contribution is 5.87. The van der Waals surface area contributed by atoms with Crippen molar-refractivity contribution in [2.45, 2.75) is 39.5 Å². The molecule has 0 aromatic carbocycles. The summed E-state index contributed by atoms with van der Waals surface area (Å²) in [6.45, 7) is 4.25. The van der Waals surface area contributed by atoms with Gasteiger partial charge in [0.1, 0.15) is 6.10 Å². The number of aromatic nitrogens is 2. The first-order chi connectivity index (χ1) is 12.0. The summed E-state index contributed by atoms with van der Waals surface area (Å²) in [5.74, 6) is -1.02. The molecule has 0 aliphatic carbocycles. The molecule has 2 amide bonds. The van der Waals surface area contributed by atoms with Crippen molar-refractivity contribution in [1.29, 1.82) is 0 Å². The standard InChI is InChI=1S/C18H22N4O3/c1-12-5-3-7-19-14(12)10-21-17(24)9-16(23)18(25)22-11-15-13(2)6-4-8-20-15/h3-8,16,23H,9-11H2,1-2H3,(H,21,24)(H,22,25). The topological polar surface area (TPSA) is 104 Å². The molecule has 2 heterocycles. The van der Waals surface area contributed by atoms with Crippen LogP contribution in [-0.4, -0.2) is 33.0 Å². The maximum absolute atomic E-state index is 11.9. The van der Waals surface area contributed by atoms with E-state index >= 15 is 0 Å². The van der Waals surface area contributed by atoms with Gasteiger partial charge in [-0.25, -0.2) is 0 Å². The van der Waals surface area contributed by atoms with Gasteiger partial charge in [-0.1, -0.05) is 12.1 Å². The quantitative estimate of drug-likeness (QED) is 0.690. The first kappa shape index (κ1) is 18.5. The summed E-state index contributed by atoms with van der Waals surface area (Å²) in [5, 5.41) is 15.1. The summed E-state index contributed by atoms with van der Waals surface area (Å²) in [5.41, 5.74) is 3.38. The Morgan fingerprint density at radius 3 is 2.04 bits per heavy atom. The van der Waals surface area contributed by atoms with E-state index in [1.807, 2.05) is 38.1 Å². The molecule has 0 saturated carbocycles. The average molecular weight is 342 g/mol. The number of aliphatic hydroxyl groups excluding tert-OH is 1. The van der Waals surface area contributed by atoms with Crippen molar-refractivity contribution < 1.29 is 14.7 Å². The minimum atomic E-state index is -1.41. The third kappa shape index (κ3) is 5.65. The maximum Gasteiger partial charge on any atom is 0.249 e. The highest BCUT2D eigenvalue weighted by atomic mass is 16.3. The van der Waals surface area contributed by atoms with Crippen LogP contribution in [0.15, 0.2) is 36.7 Å². The van der Waals surface area contributed by atoms with Gasteiger partial charge in [0, 0.05) is 12.4 Å². The number of carbonyl (C=O) groups excluding carboxylic acids is 2. The fourth-order valence-corrected chi connectivity index (χ4v) is 2.22. The van der Waals surface area contributed by atoms with Gasteiger partial charge in [0.05, 0.1) is 30.9 Å². The van der Waals surface area contributed by atoms with Crippen LogP contribution < -0.4 is 10.6 Å². The Kier molecular flexibility index (Phi) is 6.59. The highest BCUT2D eigenvalue weighted by Gasteiger charge is 2.19. The minimum Gasteiger partial charge on any atom is -0.383 e. The number of aryl methyl sites for hydroxylation is 2. The van der Waals surface area contributed by atoms with E-state index in [1.54, 1.807) is 12.4 Å². The molecule has 0 aliphatic heterocycles. The second-order valence-electron chi connectivity index (χ2n) is 5.75. The smallest absolute Gasteiger partial charge is 0.249 e. The van der Waals surface area contributed by atoms with Crippen molar-refractivity contribution in [3.05, 3.63) is 59.2 Å². The van der Waals surface area contributed by atoms with Gasteiger partial charge in [0.2, 0.25) is 11.8 Å². The van der Waals surface area contributed by atoms with Crippen molar-refractivity contribution in [3.63, 3.8) is 0 Å². The zero-order chi connectivity index (χ0) is 18.2. The molecule has 0 aliphatic rings. The maximum atomic E-state index is 11.9. The van der Waals surface area contributed by atoms with Crippen molar-refractivity contribution in [2.24, 2.45) is 0 Å². The van der Waals surface area contributed by atoms with Crippen LogP contribution in [0.4, 0.5) is 0 Å². The van der Waals surface area contributed by atoms with Crippen LogP contribution in [0.3, 0.4) is 0 Å². The van der Waals surface area contributed by atoms with Crippen molar-refractivity contribution >= 4 is 11.8 Å². The van der Waals surface area contributed by atoms with Crippen LogP contribution >= 0.6 is 0 Å². The lowest BCUT2D eigenvalue weighted by Gasteiger charge is -2.12.